The summed E-state index contributed by atoms with van der Waals surface area (Å²) in [6.07, 6.45) is 0. The Morgan fingerprint density at radius 2 is 1.75 bits per heavy atom. The van der Waals surface area contributed by atoms with Crippen molar-refractivity contribution in [1.82, 2.24) is 10.9 Å². The second-order valence-electron chi connectivity index (χ2n) is 4.29. The van der Waals surface area contributed by atoms with E-state index >= 15 is 0 Å². The SMILES string of the molecule is CCOCC(=O)NNC(=O)COc1cc(C)ccc1C. The molecule has 2 N–H and O–H groups in total. The van der Waals surface area contributed by atoms with Crippen molar-refractivity contribution in [2.75, 3.05) is 19.8 Å². The lowest BCUT2D eigenvalue weighted by molar-refractivity contribution is -0.132. The molecule has 0 radical (unpaired) electrons. The van der Waals surface area contributed by atoms with E-state index in [1.807, 2.05) is 32.0 Å². The number of carbonyl (C=O) groups excluding carboxylic acids is 2. The van der Waals surface area contributed by atoms with Gasteiger partial charge in [0.05, 0.1) is 0 Å². The van der Waals surface area contributed by atoms with Crippen LogP contribution < -0.4 is 15.6 Å². The molecule has 0 aliphatic carbocycles. The van der Waals surface area contributed by atoms with Crippen LogP contribution in [-0.4, -0.2) is 31.6 Å². The number of hydrogen-bond acceptors (Lipinski definition) is 4. The zero-order chi connectivity index (χ0) is 15.0. The van der Waals surface area contributed by atoms with Crippen molar-refractivity contribution in [2.45, 2.75) is 20.8 Å². The molecule has 0 aliphatic heterocycles. The van der Waals surface area contributed by atoms with Gasteiger partial charge in [-0.2, -0.15) is 0 Å². The van der Waals surface area contributed by atoms with Crippen molar-refractivity contribution in [3.8, 4) is 5.75 Å². The molecule has 0 aromatic heterocycles. The van der Waals surface area contributed by atoms with Crippen molar-refractivity contribution < 1.29 is 19.1 Å². The molecule has 6 nitrogen and oxygen atoms in total. The third-order valence-corrected chi connectivity index (χ3v) is 2.48. The molecular weight excluding hydrogens is 260 g/mol. The predicted octanol–water partition coefficient (Wildman–Crippen LogP) is 0.866. The Labute approximate surface area is 118 Å². The van der Waals surface area contributed by atoms with E-state index in [9.17, 15) is 9.59 Å². The monoisotopic (exact) mass is 280 g/mol. The van der Waals surface area contributed by atoms with Crippen molar-refractivity contribution in [3.05, 3.63) is 29.3 Å². The standard InChI is InChI=1S/C14H20N2O4/c1-4-19-8-13(17)15-16-14(18)9-20-12-7-10(2)5-6-11(12)3/h5-7H,4,8-9H2,1-3H3,(H,15,17)(H,16,18). The van der Waals surface area contributed by atoms with Crippen LogP contribution in [0.4, 0.5) is 0 Å². The summed E-state index contributed by atoms with van der Waals surface area (Å²) < 4.78 is 10.3. The third-order valence-electron chi connectivity index (χ3n) is 2.48. The zero-order valence-corrected chi connectivity index (χ0v) is 12.0. The number of rotatable bonds is 6. The largest absolute Gasteiger partial charge is 0.483 e. The van der Waals surface area contributed by atoms with Gasteiger partial charge in [-0.1, -0.05) is 12.1 Å². The van der Waals surface area contributed by atoms with Gasteiger partial charge in [0.2, 0.25) is 0 Å². The van der Waals surface area contributed by atoms with Crippen LogP contribution in [0, 0.1) is 13.8 Å². The molecule has 1 aromatic carbocycles. The van der Waals surface area contributed by atoms with Crippen molar-refractivity contribution in [2.24, 2.45) is 0 Å². The lowest BCUT2D eigenvalue weighted by Gasteiger charge is -2.11. The van der Waals surface area contributed by atoms with Gasteiger partial charge >= 0.3 is 0 Å². The molecule has 20 heavy (non-hydrogen) atoms. The van der Waals surface area contributed by atoms with Crippen molar-refractivity contribution in [1.29, 1.82) is 0 Å². The highest BCUT2D eigenvalue weighted by Gasteiger charge is 2.07. The summed E-state index contributed by atoms with van der Waals surface area (Å²) >= 11 is 0. The van der Waals surface area contributed by atoms with Gasteiger partial charge in [0.15, 0.2) is 6.61 Å². The number of amides is 2. The number of hydrazine groups is 1. The third kappa shape index (κ3) is 5.71. The normalized spacial score (nSPS) is 9.95. The topological polar surface area (TPSA) is 76.7 Å². The van der Waals surface area contributed by atoms with Crippen molar-refractivity contribution in [3.63, 3.8) is 0 Å². The second kappa shape index (κ2) is 8.16. The fourth-order valence-electron chi connectivity index (χ4n) is 1.41. The first kappa shape index (κ1) is 16.0. The highest BCUT2D eigenvalue weighted by molar-refractivity contribution is 5.83. The molecule has 0 atom stereocenters. The number of benzene rings is 1. The van der Waals surface area contributed by atoms with Gasteiger partial charge in [-0.25, -0.2) is 0 Å². The molecule has 0 fully saturated rings. The summed E-state index contributed by atoms with van der Waals surface area (Å²) in [5.74, 6) is -0.191. The van der Waals surface area contributed by atoms with Crippen molar-refractivity contribution >= 4 is 11.8 Å². The van der Waals surface area contributed by atoms with Crippen LogP contribution in [0.5, 0.6) is 5.75 Å². The van der Waals surface area contributed by atoms with E-state index in [-0.39, 0.29) is 13.2 Å². The molecule has 0 spiro atoms. The van der Waals surface area contributed by atoms with Gasteiger partial charge in [-0.15, -0.1) is 0 Å². The van der Waals surface area contributed by atoms with Crippen LogP contribution in [0.1, 0.15) is 18.1 Å². The molecule has 0 aliphatic rings. The number of carbonyl (C=O) groups is 2. The smallest absolute Gasteiger partial charge is 0.276 e. The second-order valence-corrected chi connectivity index (χ2v) is 4.29. The molecule has 2 amide bonds. The molecule has 0 saturated heterocycles. The molecule has 0 unspecified atom stereocenters. The Hall–Kier alpha value is -2.08. The van der Waals surface area contributed by atoms with Gasteiger partial charge in [0, 0.05) is 6.61 Å². The maximum Gasteiger partial charge on any atom is 0.276 e. The fourth-order valence-corrected chi connectivity index (χ4v) is 1.41. The molecule has 1 rings (SSSR count). The van der Waals surface area contributed by atoms with Crippen LogP contribution in [0.2, 0.25) is 0 Å². The average molecular weight is 280 g/mol. The van der Waals surface area contributed by atoms with E-state index in [1.165, 1.54) is 0 Å². The van der Waals surface area contributed by atoms with Gasteiger partial charge in [-0.3, -0.25) is 20.4 Å². The Morgan fingerprint density at radius 1 is 1.10 bits per heavy atom. The molecule has 0 heterocycles. The Bertz CT molecular complexity index is 474. The molecule has 1 aromatic rings. The Balaban J connectivity index is 2.33. The highest BCUT2D eigenvalue weighted by Crippen LogP contribution is 2.18. The molecule has 0 bridgehead atoms. The van der Waals surface area contributed by atoms with E-state index in [1.54, 1.807) is 6.92 Å². The van der Waals surface area contributed by atoms with E-state index in [0.29, 0.717) is 12.4 Å². The maximum atomic E-state index is 11.5. The number of aryl methyl sites for hydroxylation is 2. The summed E-state index contributed by atoms with van der Waals surface area (Å²) in [5.41, 5.74) is 6.49. The minimum atomic E-state index is -0.434. The van der Waals surface area contributed by atoms with E-state index < -0.39 is 11.8 Å². The fraction of sp³-hybridized carbons (Fsp3) is 0.429. The summed E-state index contributed by atoms with van der Waals surface area (Å²) in [6, 6.07) is 5.75. The van der Waals surface area contributed by atoms with Gasteiger partial charge < -0.3 is 9.47 Å². The summed E-state index contributed by atoms with van der Waals surface area (Å²) in [6.45, 7) is 5.81. The summed E-state index contributed by atoms with van der Waals surface area (Å²) in [4.78, 5) is 22.7. The zero-order valence-electron chi connectivity index (χ0n) is 12.0. The molecule has 110 valence electrons. The predicted molar refractivity (Wildman–Crippen MR) is 74.2 cm³/mol. The first-order valence-electron chi connectivity index (χ1n) is 6.38. The molecular formula is C14H20N2O4. The van der Waals surface area contributed by atoms with Gasteiger partial charge in [-0.05, 0) is 38.0 Å². The number of hydrogen-bond donors (Lipinski definition) is 2. The maximum absolute atomic E-state index is 11.5. The minimum absolute atomic E-state index is 0.0887. The lowest BCUT2D eigenvalue weighted by Crippen LogP contribution is -2.45. The van der Waals surface area contributed by atoms with E-state index in [4.69, 9.17) is 9.47 Å². The van der Waals surface area contributed by atoms with Crippen LogP contribution in [-0.2, 0) is 14.3 Å². The Kier molecular flexibility index (Phi) is 6.52. The first-order valence-corrected chi connectivity index (χ1v) is 6.38. The highest BCUT2D eigenvalue weighted by atomic mass is 16.5. The number of ether oxygens (including phenoxy) is 2. The van der Waals surface area contributed by atoms with Crippen LogP contribution in [0.25, 0.3) is 0 Å². The van der Waals surface area contributed by atoms with Crippen LogP contribution in [0.15, 0.2) is 18.2 Å². The average Bonchev–Trinajstić information content (AvgIpc) is 2.43. The van der Waals surface area contributed by atoms with Gasteiger partial charge in [0.1, 0.15) is 12.4 Å². The summed E-state index contributed by atoms with van der Waals surface area (Å²) in [7, 11) is 0. The van der Waals surface area contributed by atoms with Gasteiger partial charge in [0.25, 0.3) is 11.8 Å². The molecule has 0 saturated carbocycles. The quantitative estimate of drug-likeness (QED) is 0.758. The van der Waals surface area contributed by atoms with Crippen LogP contribution in [0.3, 0.4) is 0 Å². The summed E-state index contributed by atoms with van der Waals surface area (Å²) in [5, 5.41) is 0. The first-order chi connectivity index (χ1) is 9.52. The van der Waals surface area contributed by atoms with E-state index in [2.05, 4.69) is 10.9 Å². The van der Waals surface area contributed by atoms with Crippen LogP contribution >= 0.6 is 0 Å². The lowest BCUT2D eigenvalue weighted by atomic mass is 10.1. The van der Waals surface area contributed by atoms with E-state index in [0.717, 1.165) is 11.1 Å². The Morgan fingerprint density at radius 3 is 2.40 bits per heavy atom. The molecule has 6 heteroatoms. The minimum Gasteiger partial charge on any atom is -0.483 e. The number of nitrogens with one attached hydrogen (secondary N) is 2.